The van der Waals surface area contributed by atoms with Gasteiger partial charge in [-0.1, -0.05) is 18.2 Å². The fraction of sp³-hybridized carbons (Fsp3) is 0.100. The molecule has 1 aromatic rings. The molecular formula is C10H9NO3. The monoisotopic (exact) mass is 191 g/mol. The number of carbonyl (C=O) groups is 1. The van der Waals surface area contributed by atoms with Crippen LogP contribution in [0, 0.1) is 0 Å². The molecular weight excluding hydrogens is 182 g/mol. The third-order valence-electron chi connectivity index (χ3n) is 2.14. The summed E-state index contributed by atoms with van der Waals surface area (Å²) in [6, 6.07) is 7.10. The lowest BCUT2D eigenvalue weighted by molar-refractivity contribution is -0.132. The van der Waals surface area contributed by atoms with Crippen LogP contribution in [0.15, 0.2) is 29.8 Å². The Kier molecular flexibility index (Phi) is 1.98. The van der Waals surface area contributed by atoms with Gasteiger partial charge in [-0.15, -0.1) is 0 Å². The van der Waals surface area contributed by atoms with Crippen molar-refractivity contribution in [3.8, 4) is 0 Å². The van der Waals surface area contributed by atoms with E-state index < -0.39 is 5.97 Å². The highest BCUT2D eigenvalue weighted by molar-refractivity contribution is 5.96. The number of para-hydroxylation sites is 1. The zero-order valence-electron chi connectivity index (χ0n) is 7.34. The first kappa shape index (κ1) is 8.77. The van der Waals surface area contributed by atoms with E-state index in [1.165, 1.54) is 0 Å². The molecule has 0 bridgehead atoms. The minimum Gasteiger partial charge on any atom is -0.478 e. The Morgan fingerprint density at radius 3 is 2.79 bits per heavy atom. The molecule has 2 N–H and O–H groups in total. The van der Waals surface area contributed by atoms with Crippen molar-refractivity contribution in [2.45, 2.75) is 0 Å². The van der Waals surface area contributed by atoms with Gasteiger partial charge in [0.1, 0.15) is 0 Å². The molecule has 0 aromatic heterocycles. The van der Waals surface area contributed by atoms with Gasteiger partial charge in [0.2, 0.25) is 0 Å². The summed E-state index contributed by atoms with van der Waals surface area (Å²) in [5.74, 6) is -1.00. The topological polar surface area (TPSA) is 60.8 Å². The van der Waals surface area contributed by atoms with Gasteiger partial charge in [0.05, 0.1) is 17.8 Å². The molecule has 1 aliphatic heterocycles. The molecule has 0 aliphatic carbocycles. The number of hydrogen-bond donors (Lipinski definition) is 2. The number of nitrogens with zero attached hydrogens (tertiary/aromatic N) is 1. The molecule has 0 saturated heterocycles. The zero-order valence-corrected chi connectivity index (χ0v) is 7.34. The van der Waals surface area contributed by atoms with E-state index in [4.69, 9.17) is 5.11 Å². The molecule has 1 aromatic carbocycles. The number of hydrogen-bond acceptors (Lipinski definition) is 3. The first-order valence-corrected chi connectivity index (χ1v) is 4.18. The van der Waals surface area contributed by atoms with Gasteiger partial charge in [0.25, 0.3) is 0 Å². The standard InChI is InChI=1S/C10H9NO3/c12-10(13)8-5-7-3-1-2-4-9(7)11(14)6-8/h1-5,14H,6H2,(H,12,13). The molecule has 1 heterocycles. The van der Waals surface area contributed by atoms with Crippen LogP contribution >= 0.6 is 0 Å². The number of anilines is 1. The molecule has 72 valence electrons. The minimum absolute atomic E-state index is 0.0202. The largest absolute Gasteiger partial charge is 0.478 e. The van der Waals surface area contributed by atoms with Crippen molar-refractivity contribution in [3.63, 3.8) is 0 Å². The number of fused-ring (bicyclic) bond motifs is 1. The van der Waals surface area contributed by atoms with E-state index in [0.717, 1.165) is 10.6 Å². The summed E-state index contributed by atoms with van der Waals surface area (Å²) >= 11 is 0. The Hall–Kier alpha value is -1.81. The van der Waals surface area contributed by atoms with Gasteiger partial charge in [-0.05, 0) is 12.1 Å². The van der Waals surface area contributed by atoms with Gasteiger partial charge in [-0.25, -0.2) is 4.79 Å². The maximum absolute atomic E-state index is 10.7. The molecule has 0 amide bonds. The van der Waals surface area contributed by atoms with E-state index in [1.807, 2.05) is 0 Å². The molecule has 1 aliphatic rings. The van der Waals surface area contributed by atoms with Gasteiger partial charge in [0.15, 0.2) is 0 Å². The summed E-state index contributed by atoms with van der Waals surface area (Å²) in [4.78, 5) is 10.7. The molecule has 14 heavy (non-hydrogen) atoms. The first-order chi connectivity index (χ1) is 6.68. The third kappa shape index (κ3) is 1.36. The van der Waals surface area contributed by atoms with Crippen LogP contribution in [0.5, 0.6) is 0 Å². The Morgan fingerprint density at radius 1 is 1.36 bits per heavy atom. The molecule has 0 unspecified atom stereocenters. The highest BCUT2D eigenvalue weighted by Gasteiger charge is 2.19. The average Bonchev–Trinajstić information content (AvgIpc) is 2.17. The number of carboxylic acids is 1. The quantitative estimate of drug-likeness (QED) is 0.703. The molecule has 4 nitrogen and oxygen atoms in total. The summed E-state index contributed by atoms with van der Waals surface area (Å²) < 4.78 is 0. The van der Waals surface area contributed by atoms with Crippen LogP contribution in [0.2, 0.25) is 0 Å². The van der Waals surface area contributed by atoms with Gasteiger partial charge in [0, 0.05) is 5.56 Å². The van der Waals surface area contributed by atoms with Crippen LogP contribution in [0.25, 0.3) is 6.08 Å². The van der Waals surface area contributed by atoms with Gasteiger partial charge >= 0.3 is 5.97 Å². The van der Waals surface area contributed by atoms with Crippen LogP contribution in [0.4, 0.5) is 5.69 Å². The number of aliphatic carboxylic acids is 1. The predicted molar refractivity (Wildman–Crippen MR) is 51.2 cm³/mol. The Bertz CT molecular complexity index is 412. The highest BCUT2D eigenvalue weighted by atomic mass is 16.5. The van der Waals surface area contributed by atoms with E-state index >= 15 is 0 Å². The van der Waals surface area contributed by atoms with Crippen LogP contribution in [-0.4, -0.2) is 22.8 Å². The Morgan fingerprint density at radius 2 is 2.07 bits per heavy atom. The van der Waals surface area contributed by atoms with Crippen molar-refractivity contribution in [3.05, 3.63) is 35.4 Å². The fourth-order valence-corrected chi connectivity index (χ4v) is 1.45. The van der Waals surface area contributed by atoms with E-state index in [9.17, 15) is 10.0 Å². The minimum atomic E-state index is -1.00. The highest BCUT2D eigenvalue weighted by Crippen LogP contribution is 2.26. The second-order valence-electron chi connectivity index (χ2n) is 3.09. The van der Waals surface area contributed by atoms with Crippen molar-refractivity contribution in [1.82, 2.24) is 0 Å². The summed E-state index contributed by atoms with van der Waals surface area (Å²) in [6.45, 7) is 0.0202. The van der Waals surface area contributed by atoms with Crippen LogP contribution < -0.4 is 5.06 Å². The lowest BCUT2D eigenvalue weighted by Crippen LogP contribution is -2.27. The van der Waals surface area contributed by atoms with Crippen molar-refractivity contribution in [2.75, 3.05) is 11.6 Å². The molecule has 0 atom stereocenters. The third-order valence-corrected chi connectivity index (χ3v) is 2.14. The number of carboxylic acid groups (broad SMARTS) is 1. The number of benzene rings is 1. The maximum Gasteiger partial charge on any atom is 0.333 e. The van der Waals surface area contributed by atoms with Gasteiger partial charge in [-0.2, -0.15) is 0 Å². The molecule has 0 fully saturated rings. The normalized spacial score (nSPS) is 14.6. The van der Waals surface area contributed by atoms with Crippen molar-refractivity contribution >= 4 is 17.7 Å². The zero-order chi connectivity index (χ0) is 10.1. The summed E-state index contributed by atoms with van der Waals surface area (Å²) in [6.07, 6.45) is 1.57. The predicted octanol–water partition coefficient (Wildman–Crippen LogP) is 1.36. The van der Waals surface area contributed by atoms with Crippen LogP contribution in [-0.2, 0) is 4.79 Å². The lowest BCUT2D eigenvalue weighted by atomic mass is 10.0. The maximum atomic E-state index is 10.7. The molecule has 0 saturated carbocycles. The summed E-state index contributed by atoms with van der Waals surface area (Å²) in [7, 11) is 0. The van der Waals surface area contributed by atoms with Crippen LogP contribution in [0.3, 0.4) is 0 Å². The second kappa shape index (κ2) is 3.16. The molecule has 2 rings (SSSR count). The number of rotatable bonds is 1. The summed E-state index contributed by atoms with van der Waals surface area (Å²) in [5.41, 5.74) is 1.54. The smallest absolute Gasteiger partial charge is 0.333 e. The lowest BCUT2D eigenvalue weighted by Gasteiger charge is -2.23. The molecule has 0 spiro atoms. The second-order valence-corrected chi connectivity index (χ2v) is 3.09. The van der Waals surface area contributed by atoms with E-state index in [0.29, 0.717) is 5.69 Å². The van der Waals surface area contributed by atoms with E-state index in [2.05, 4.69) is 0 Å². The van der Waals surface area contributed by atoms with Gasteiger partial charge < -0.3 is 5.11 Å². The average molecular weight is 191 g/mol. The Labute approximate surface area is 80.7 Å². The van der Waals surface area contributed by atoms with E-state index in [-0.39, 0.29) is 12.1 Å². The van der Waals surface area contributed by atoms with Crippen LogP contribution in [0.1, 0.15) is 5.56 Å². The molecule has 0 radical (unpaired) electrons. The Balaban J connectivity index is 2.50. The summed E-state index contributed by atoms with van der Waals surface area (Å²) in [5, 5.41) is 19.2. The SMILES string of the molecule is O=C(O)C1=Cc2ccccc2N(O)C1. The van der Waals surface area contributed by atoms with Gasteiger partial charge in [-0.3, -0.25) is 10.3 Å². The first-order valence-electron chi connectivity index (χ1n) is 4.18. The van der Waals surface area contributed by atoms with Crippen molar-refractivity contribution in [2.24, 2.45) is 0 Å². The van der Waals surface area contributed by atoms with Crippen molar-refractivity contribution < 1.29 is 15.1 Å². The fourth-order valence-electron chi connectivity index (χ4n) is 1.45. The number of hydroxylamine groups is 1. The molecule has 4 heteroatoms. The van der Waals surface area contributed by atoms with E-state index in [1.54, 1.807) is 30.3 Å². The van der Waals surface area contributed by atoms with Crippen molar-refractivity contribution in [1.29, 1.82) is 0 Å².